The molecule has 2 amide bonds. The highest BCUT2D eigenvalue weighted by atomic mass is 35.5. The summed E-state index contributed by atoms with van der Waals surface area (Å²) in [6, 6.07) is 7.76. The number of phenolic OH excluding ortho intramolecular Hbond substituents is 1. The summed E-state index contributed by atoms with van der Waals surface area (Å²) in [7, 11) is 0. The number of carbonyl (C=O) groups excluding carboxylic acids is 2. The minimum atomic E-state index is -0.295. The van der Waals surface area contributed by atoms with Crippen LogP contribution in [0.15, 0.2) is 34.7 Å². The second-order valence-electron chi connectivity index (χ2n) is 5.66. The van der Waals surface area contributed by atoms with Crippen molar-refractivity contribution in [3.05, 3.63) is 52.4 Å². The number of nitrogens with zero attached hydrogens (tertiary/aromatic N) is 2. The van der Waals surface area contributed by atoms with E-state index in [0.29, 0.717) is 42.7 Å². The molecule has 0 unspecified atom stereocenters. The van der Waals surface area contributed by atoms with E-state index in [4.69, 9.17) is 16.0 Å². The maximum atomic E-state index is 12.5. The summed E-state index contributed by atoms with van der Waals surface area (Å²) in [4.78, 5) is 28.1. The second-order valence-corrected chi connectivity index (χ2v) is 6.09. The third-order valence-electron chi connectivity index (χ3n) is 3.99. The molecule has 0 spiro atoms. The molecule has 1 N–H and O–H groups in total. The molecule has 1 aromatic carbocycles. The van der Waals surface area contributed by atoms with Gasteiger partial charge in [-0.15, -0.1) is 0 Å². The molecular weight excluding hydrogens is 332 g/mol. The van der Waals surface area contributed by atoms with Gasteiger partial charge in [0.2, 0.25) is 0 Å². The van der Waals surface area contributed by atoms with Crippen LogP contribution in [0.5, 0.6) is 5.75 Å². The molecule has 2 heterocycles. The molecule has 0 saturated carbocycles. The first kappa shape index (κ1) is 16.4. The molecule has 126 valence electrons. The summed E-state index contributed by atoms with van der Waals surface area (Å²) in [5.41, 5.74) is 0.170. The van der Waals surface area contributed by atoms with E-state index in [2.05, 4.69) is 0 Å². The van der Waals surface area contributed by atoms with Crippen molar-refractivity contribution in [2.24, 2.45) is 0 Å². The van der Waals surface area contributed by atoms with E-state index in [1.54, 1.807) is 28.9 Å². The van der Waals surface area contributed by atoms with Gasteiger partial charge in [0, 0.05) is 31.2 Å². The van der Waals surface area contributed by atoms with Gasteiger partial charge < -0.3 is 19.3 Å². The van der Waals surface area contributed by atoms with Crippen LogP contribution in [0.4, 0.5) is 0 Å². The molecule has 1 saturated heterocycles. The highest BCUT2D eigenvalue weighted by molar-refractivity contribution is 6.31. The number of carbonyl (C=O) groups is 2. The lowest BCUT2D eigenvalue weighted by Crippen LogP contribution is -2.50. The Morgan fingerprint density at radius 3 is 2.25 bits per heavy atom. The molecule has 1 fully saturated rings. The van der Waals surface area contributed by atoms with Gasteiger partial charge in [-0.3, -0.25) is 9.59 Å². The molecule has 1 aliphatic heterocycles. The first-order chi connectivity index (χ1) is 11.5. The van der Waals surface area contributed by atoms with Gasteiger partial charge in [0.05, 0.1) is 5.56 Å². The number of phenols is 1. The summed E-state index contributed by atoms with van der Waals surface area (Å²) < 4.78 is 5.35. The summed E-state index contributed by atoms with van der Waals surface area (Å²) in [5, 5.41) is 10.2. The Balaban J connectivity index is 1.65. The van der Waals surface area contributed by atoms with Crippen molar-refractivity contribution in [2.75, 3.05) is 26.2 Å². The number of piperazine rings is 1. The van der Waals surface area contributed by atoms with Gasteiger partial charge in [-0.1, -0.05) is 11.6 Å². The maximum absolute atomic E-state index is 12.5. The summed E-state index contributed by atoms with van der Waals surface area (Å²) in [6.07, 6.45) is 0. The SMILES string of the molecule is Cc1ccc(C(=O)N2CCN(C(=O)c3cc(Cl)ccc3O)CC2)o1. The largest absolute Gasteiger partial charge is 0.507 e. The Kier molecular flexibility index (Phi) is 4.49. The number of amides is 2. The number of benzene rings is 1. The Hall–Kier alpha value is -2.47. The van der Waals surface area contributed by atoms with Crippen LogP contribution in [0.3, 0.4) is 0 Å². The van der Waals surface area contributed by atoms with Crippen LogP contribution in [0, 0.1) is 6.92 Å². The van der Waals surface area contributed by atoms with Crippen molar-refractivity contribution in [2.45, 2.75) is 6.92 Å². The van der Waals surface area contributed by atoms with Crippen molar-refractivity contribution in [3.8, 4) is 5.75 Å². The monoisotopic (exact) mass is 348 g/mol. The van der Waals surface area contributed by atoms with E-state index in [-0.39, 0.29) is 23.1 Å². The van der Waals surface area contributed by atoms with Gasteiger partial charge in [0.1, 0.15) is 11.5 Å². The quantitative estimate of drug-likeness (QED) is 0.905. The number of hydrogen-bond donors (Lipinski definition) is 1. The average Bonchev–Trinajstić information content (AvgIpc) is 3.02. The summed E-state index contributed by atoms with van der Waals surface area (Å²) in [5.74, 6) is 0.411. The first-order valence-corrected chi connectivity index (χ1v) is 7.97. The van der Waals surface area contributed by atoms with Crippen LogP contribution in [0.25, 0.3) is 0 Å². The van der Waals surface area contributed by atoms with E-state index < -0.39 is 0 Å². The van der Waals surface area contributed by atoms with E-state index in [9.17, 15) is 14.7 Å². The Morgan fingerprint density at radius 2 is 1.67 bits per heavy atom. The molecule has 0 radical (unpaired) electrons. The van der Waals surface area contributed by atoms with Gasteiger partial charge in [-0.25, -0.2) is 0 Å². The Morgan fingerprint density at radius 1 is 1.04 bits per heavy atom. The van der Waals surface area contributed by atoms with Crippen LogP contribution in [-0.2, 0) is 0 Å². The van der Waals surface area contributed by atoms with Crippen LogP contribution in [0.2, 0.25) is 5.02 Å². The standard InChI is InChI=1S/C17H17ClN2O4/c1-11-2-5-15(24-11)17(23)20-8-6-19(7-9-20)16(22)13-10-12(18)3-4-14(13)21/h2-5,10,21H,6-9H2,1H3. The van der Waals surface area contributed by atoms with Crippen molar-refractivity contribution in [1.82, 2.24) is 9.80 Å². The summed E-state index contributed by atoms with van der Waals surface area (Å²) >= 11 is 5.89. The number of halogens is 1. The van der Waals surface area contributed by atoms with Crippen LogP contribution in [0.1, 0.15) is 26.7 Å². The number of rotatable bonds is 2. The van der Waals surface area contributed by atoms with Crippen LogP contribution in [-0.4, -0.2) is 52.9 Å². The van der Waals surface area contributed by atoms with Crippen molar-refractivity contribution in [1.29, 1.82) is 0 Å². The fourth-order valence-corrected chi connectivity index (χ4v) is 2.84. The van der Waals surface area contributed by atoms with Crippen molar-refractivity contribution >= 4 is 23.4 Å². The maximum Gasteiger partial charge on any atom is 0.289 e. The van der Waals surface area contributed by atoms with Crippen molar-refractivity contribution in [3.63, 3.8) is 0 Å². The minimum Gasteiger partial charge on any atom is -0.507 e. The van der Waals surface area contributed by atoms with Gasteiger partial charge in [0.15, 0.2) is 5.76 Å². The molecule has 0 bridgehead atoms. The zero-order valence-corrected chi connectivity index (χ0v) is 13.9. The Bertz CT molecular complexity index is 779. The fourth-order valence-electron chi connectivity index (χ4n) is 2.67. The van der Waals surface area contributed by atoms with Gasteiger partial charge in [-0.05, 0) is 37.3 Å². The lowest BCUT2D eigenvalue weighted by molar-refractivity contribution is 0.0516. The van der Waals surface area contributed by atoms with E-state index in [1.165, 1.54) is 18.2 Å². The lowest BCUT2D eigenvalue weighted by atomic mass is 10.1. The van der Waals surface area contributed by atoms with Gasteiger partial charge in [-0.2, -0.15) is 0 Å². The highest BCUT2D eigenvalue weighted by Crippen LogP contribution is 2.23. The molecule has 6 nitrogen and oxygen atoms in total. The van der Waals surface area contributed by atoms with Gasteiger partial charge in [0.25, 0.3) is 11.8 Å². The van der Waals surface area contributed by atoms with E-state index >= 15 is 0 Å². The topological polar surface area (TPSA) is 74.0 Å². The average molecular weight is 349 g/mol. The minimum absolute atomic E-state index is 0.103. The smallest absolute Gasteiger partial charge is 0.289 e. The predicted molar refractivity (Wildman–Crippen MR) is 88.4 cm³/mol. The number of furan rings is 1. The van der Waals surface area contributed by atoms with E-state index in [1.807, 2.05) is 0 Å². The molecule has 3 rings (SSSR count). The molecule has 0 atom stereocenters. The molecular formula is C17H17ClN2O4. The number of aromatic hydroxyl groups is 1. The highest BCUT2D eigenvalue weighted by Gasteiger charge is 2.27. The van der Waals surface area contributed by atoms with Crippen LogP contribution < -0.4 is 0 Å². The van der Waals surface area contributed by atoms with Gasteiger partial charge >= 0.3 is 0 Å². The van der Waals surface area contributed by atoms with Crippen molar-refractivity contribution < 1.29 is 19.1 Å². The number of aryl methyl sites for hydroxylation is 1. The molecule has 1 aliphatic rings. The third-order valence-corrected chi connectivity index (χ3v) is 4.23. The Labute approximate surface area is 144 Å². The zero-order valence-electron chi connectivity index (χ0n) is 13.2. The summed E-state index contributed by atoms with van der Waals surface area (Å²) in [6.45, 7) is 3.37. The molecule has 24 heavy (non-hydrogen) atoms. The first-order valence-electron chi connectivity index (χ1n) is 7.59. The third kappa shape index (κ3) is 3.23. The number of hydrogen-bond acceptors (Lipinski definition) is 4. The molecule has 2 aromatic rings. The van der Waals surface area contributed by atoms with Crippen LogP contribution >= 0.6 is 11.6 Å². The predicted octanol–water partition coefficient (Wildman–Crippen LogP) is 2.55. The normalized spacial score (nSPS) is 14.8. The second kappa shape index (κ2) is 6.57. The fraction of sp³-hybridized carbons (Fsp3) is 0.294. The molecule has 7 heteroatoms. The zero-order chi connectivity index (χ0) is 17.3. The lowest BCUT2D eigenvalue weighted by Gasteiger charge is -2.34. The van der Waals surface area contributed by atoms with E-state index in [0.717, 1.165) is 0 Å². The molecule has 0 aliphatic carbocycles. The molecule has 1 aromatic heterocycles.